The second-order valence-corrected chi connectivity index (χ2v) is 6.74. The van der Waals surface area contributed by atoms with Crippen LogP contribution in [-0.2, 0) is 4.79 Å². The molecule has 0 atom stereocenters. The van der Waals surface area contributed by atoms with Crippen molar-refractivity contribution in [2.24, 2.45) is 0 Å². The topological polar surface area (TPSA) is 61.4 Å². The quantitative estimate of drug-likeness (QED) is 0.763. The first-order valence-electron chi connectivity index (χ1n) is 9.45. The number of nitrogens with zero attached hydrogens (tertiary/aromatic N) is 4. The van der Waals surface area contributed by atoms with Crippen molar-refractivity contribution in [3.63, 3.8) is 0 Å². The Hall–Kier alpha value is -2.73. The molecule has 0 saturated carbocycles. The van der Waals surface area contributed by atoms with Crippen LogP contribution in [0.5, 0.6) is 0 Å². The van der Waals surface area contributed by atoms with Crippen LogP contribution in [0.1, 0.15) is 18.9 Å². The van der Waals surface area contributed by atoms with Gasteiger partial charge in [0.25, 0.3) is 0 Å². The van der Waals surface area contributed by atoms with Crippen LogP contribution >= 0.6 is 0 Å². The lowest BCUT2D eigenvalue weighted by Gasteiger charge is -2.34. The molecule has 0 spiro atoms. The fraction of sp³-hybridized carbons (Fsp3) is 0.381. The molecule has 1 aromatic heterocycles. The Labute approximate surface area is 160 Å². The highest BCUT2D eigenvalue weighted by Crippen LogP contribution is 2.10. The van der Waals surface area contributed by atoms with Gasteiger partial charge in [-0.1, -0.05) is 42.0 Å². The summed E-state index contributed by atoms with van der Waals surface area (Å²) >= 11 is 0. The standard InChI is InChI=1S/C21H27N5O/c1-18(16-19-6-3-2-4-7-19)17-22-11-8-20(27)25-12-14-26(15-13-25)21-23-9-5-10-24-21/h2-7,9-10,16,22H,8,11-15,17H2,1H3/b18-16-. The van der Waals surface area contributed by atoms with E-state index in [0.717, 1.165) is 38.7 Å². The number of nitrogens with one attached hydrogen (secondary N) is 1. The van der Waals surface area contributed by atoms with Crippen molar-refractivity contribution in [1.29, 1.82) is 0 Å². The highest BCUT2D eigenvalue weighted by molar-refractivity contribution is 5.76. The number of piperazine rings is 1. The number of benzene rings is 1. The average molecular weight is 365 g/mol. The van der Waals surface area contributed by atoms with Gasteiger partial charge in [-0.2, -0.15) is 0 Å². The van der Waals surface area contributed by atoms with E-state index in [4.69, 9.17) is 0 Å². The summed E-state index contributed by atoms with van der Waals surface area (Å²) in [5, 5.41) is 3.36. The molecule has 0 unspecified atom stereocenters. The minimum Gasteiger partial charge on any atom is -0.339 e. The molecule has 2 aromatic rings. The Bertz CT molecular complexity index is 740. The maximum Gasteiger partial charge on any atom is 0.225 e. The predicted octanol–water partition coefficient (Wildman–Crippen LogP) is 2.21. The van der Waals surface area contributed by atoms with Gasteiger partial charge >= 0.3 is 0 Å². The van der Waals surface area contributed by atoms with E-state index < -0.39 is 0 Å². The van der Waals surface area contributed by atoms with Gasteiger partial charge in [0.15, 0.2) is 0 Å². The van der Waals surface area contributed by atoms with E-state index in [-0.39, 0.29) is 5.91 Å². The number of rotatable bonds is 7. The highest BCUT2D eigenvalue weighted by atomic mass is 16.2. The summed E-state index contributed by atoms with van der Waals surface area (Å²) in [5.74, 6) is 0.952. The van der Waals surface area contributed by atoms with Gasteiger partial charge in [-0.25, -0.2) is 9.97 Å². The third kappa shape index (κ3) is 5.89. The van der Waals surface area contributed by atoms with E-state index in [0.29, 0.717) is 13.0 Å². The van der Waals surface area contributed by atoms with Crippen molar-refractivity contribution < 1.29 is 4.79 Å². The van der Waals surface area contributed by atoms with Crippen molar-refractivity contribution in [3.05, 3.63) is 59.9 Å². The molecule has 1 aromatic carbocycles. The van der Waals surface area contributed by atoms with Crippen LogP contribution in [-0.4, -0.2) is 60.0 Å². The normalized spacial score (nSPS) is 15.1. The molecule has 0 bridgehead atoms. The van der Waals surface area contributed by atoms with Gasteiger partial charge in [0.2, 0.25) is 11.9 Å². The van der Waals surface area contributed by atoms with E-state index in [2.05, 4.69) is 45.3 Å². The van der Waals surface area contributed by atoms with E-state index in [1.54, 1.807) is 12.4 Å². The summed E-state index contributed by atoms with van der Waals surface area (Å²) in [6.45, 7) is 6.60. The number of carbonyl (C=O) groups is 1. The molecular formula is C21H27N5O. The van der Waals surface area contributed by atoms with Gasteiger partial charge in [0.05, 0.1) is 0 Å². The second kappa shape index (κ2) is 9.83. The minimum atomic E-state index is 0.209. The first kappa shape index (κ1) is 19.0. The maximum atomic E-state index is 12.4. The molecule has 142 valence electrons. The van der Waals surface area contributed by atoms with Gasteiger partial charge in [-0.05, 0) is 18.6 Å². The third-order valence-electron chi connectivity index (χ3n) is 4.60. The molecule has 1 aliphatic rings. The first-order chi connectivity index (χ1) is 13.2. The highest BCUT2D eigenvalue weighted by Gasteiger charge is 2.21. The number of hydrogen-bond acceptors (Lipinski definition) is 5. The van der Waals surface area contributed by atoms with Crippen LogP contribution in [0, 0.1) is 0 Å². The SMILES string of the molecule is C/C(=C/c1ccccc1)CNCCC(=O)N1CCN(c2ncccn2)CC1. The molecule has 1 aliphatic heterocycles. The second-order valence-electron chi connectivity index (χ2n) is 6.74. The fourth-order valence-corrected chi connectivity index (χ4v) is 3.13. The fourth-order valence-electron chi connectivity index (χ4n) is 3.13. The van der Waals surface area contributed by atoms with Gasteiger partial charge < -0.3 is 15.1 Å². The molecule has 6 nitrogen and oxygen atoms in total. The van der Waals surface area contributed by atoms with Crippen molar-refractivity contribution >= 4 is 17.9 Å². The predicted molar refractivity (Wildman–Crippen MR) is 108 cm³/mol. The minimum absolute atomic E-state index is 0.209. The molecule has 0 radical (unpaired) electrons. The zero-order chi connectivity index (χ0) is 18.9. The monoisotopic (exact) mass is 365 g/mol. The number of anilines is 1. The number of aromatic nitrogens is 2. The zero-order valence-corrected chi connectivity index (χ0v) is 15.8. The van der Waals surface area contributed by atoms with E-state index in [1.165, 1.54) is 11.1 Å². The van der Waals surface area contributed by atoms with E-state index in [1.807, 2.05) is 29.2 Å². The van der Waals surface area contributed by atoms with Crippen LogP contribution < -0.4 is 10.2 Å². The van der Waals surface area contributed by atoms with Gasteiger partial charge in [0.1, 0.15) is 0 Å². The molecule has 6 heteroatoms. The lowest BCUT2D eigenvalue weighted by Crippen LogP contribution is -2.49. The molecule has 1 saturated heterocycles. The van der Waals surface area contributed by atoms with E-state index in [9.17, 15) is 4.79 Å². The molecule has 3 rings (SSSR count). The zero-order valence-electron chi connectivity index (χ0n) is 15.8. The summed E-state index contributed by atoms with van der Waals surface area (Å²) in [7, 11) is 0. The first-order valence-corrected chi connectivity index (χ1v) is 9.45. The lowest BCUT2D eigenvalue weighted by molar-refractivity contribution is -0.131. The van der Waals surface area contributed by atoms with Gasteiger partial charge in [-0.15, -0.1) is 0 Å². The molecule has 2 heterocycles. The molecule has 0 aliphatic carbocycles. The van der Waals surface area contributed by atoms with Crippen LogP contribution in [0.15, 0.2) is 54.4 Å². The van der Waals surface area contributed by atoms with Crippen LogP contribution in [0.25, 0.3) is 6.08 Å². The van der Waals surface area contributed by atoms with Crippen LogP contribution in [0.2, 0.25) is 0 Å². The average Bonchev–Trinajstić information content (AvgIpc) is 2.72. The van der Waals surface area contributed by atoms with Crippen molar-refractivity contribution in [2.75, 3.05) is 44.2 Å². The van der Waals surface area contributed by atoms with Crippen molar-refractivity contribution in [2.45, 2.75) is 13.3 Å². The molecule has 1 N–H and O–H groups in total. The molecule has 1 amide bonds. The molecule has 27 heavy (non-hydrogen) atoms. The van der Waals surface area contributed by atoms with E-state index >= 15 is 0 Å². The number of hydrogen-bond donors (Lipinski definition) is 1. The Balaban J connectivity index is 1.35. The number of carbonyl (C=O) groups excluding carboxylic acids is 1. The summed E-state index contributed by atoms with van der Waals surface area (Å²) in [6.07, 6.45) is 6.19. The smallest absolute Gasteiger partial charge is 0.225 e. The van der Waals surface area contributed by atoms with Gasteiger partial charge in [-0.3, -0.25) is 4.79 Å². The molecular weight excluding hydrogens is 338 g/mol. The Kier molecular flexibility index (Phi) is 6.93. The van der Waals surface area contributed by atoms with Crippen molar-refractivity contribution in [1.82, 2.24) is 20.2 Å². The molecule has 1 fully saturated rings. The summed E-state index contributed by atoms with van der Waals surface area (Å²) in [6, 6.07) is 12.1. The summed E-state index contributed by atoms with van der Waals surface area (Å²) in [5.41, 5.74) is 2.46. The van der Waals surface area contributed by atoms with Crippen molar-refractivity contribution in [3.8, 4) is 0 Å². The third-order valence-corrected chi connectivity index (χ3v) is 4.60. The Morgan fingerprint density at radius 3 is 2.48 bits per heavy atom. The summed E-state index contributed by atoms with van der Waals surface area (Å²) in [4.78, 5) is 25.0. The van der Waals surface area contributed by atoms with Crippen LogP contribution in [0.3, 0.4) is 0 Å². The number of amides is 1. The maximum absolute atomic E-state index is 12.4. The van der Waals surface area contributed by atoms with Crippen LogP contribution in [0.4, 0.5) is 5.95 Å². The van der Waals surface area contributed by atoms with Gasteiger partial charge in [0, 0.05) is 58.1 Å². The Morgan fingerprint density at radius 1 is 1.07 bits per heavy atom. The lowest BCUT2D eigenvalue weighted by atomic mass is 10.1. The largest absolute Gasteiger partial charge is 0.339 e. The Morgan fingerprint density at radius 2 is 1.78 bits per heavy atom. The summed E-state index contributed by atoms with van der Waals surface area (Å²) < 4.78 is 0.